The van der Waals surface area contributed by atoms with Crippen LogP contribution in [-0.4, -0.2) is 17.3 Å². The normalized spacial score (nSPS) is 16.9. The van der Waals surface area contributed by atoms with Gasteiger partial charge in [-0.25, -0.2) is 0 Å². The molecule has 1 aliphatic carbocycles. The summed E-state index contributed by atoms with van der Waals surface area (Å²) in [4.78, 5) is 14.6. The minimum absolute atomic E-state index is 0.505. The first kappa shape index (κ1) is 11.3. The third-order valence-corrected chi connectivity index (χ3v) is 3.82. The molecule has 18 heavy (non-hydrogen) atoms. The van der Waals surface area contributed by atoms with Crippen LogP contribution in [0.4, 0.5) is 5.82 Å². The van der Waals surface area contributed by atoms with Crippen LogP contribution in [0.1, 0.15) is 42.5 Å². The summed E-state index contributed by atoms with van der Waals surface area (Å²) in [5.74, 6) is 0.887. The molecule has 0 atom stereocenters. The Morgan fingerprint density at radius 3 is 2.72 bits per heavy atom. The molecule has 0 unspecified atom stereocenters. The van der Waals surface area contributed by atoms with Gasteiger partial charge in [-0.1, -0.05) is 37.5 Å². The monoisotopic (exact) mass is 242 g/mol. The summed E-state index contributed by atoms with van der Waals surface area (Å²) in [5, 5.41) is 4.51. The highest BCUT2D eigenvalue weighted by Gasteiger charge is 2.17. The summed E-state index contributed by atoms with van der Waals surface area (Å²) >= 11 is 0. The number of fused-ring (bicyclic) bond motifs is 1. The number of hydrogen-bond donors (Lipinski definition) is 2. The van der Waals surface area contributed by atoms with Crippen LogP contribution in [0, 0.1) is 0 Å². The molecule has 0 aliphatic heterocycles. The van der Waals surface area contributed by atoms with E-state index in [1.807, 2.05) is 24.3 Å². The summed E-state index contributed by atoms with van der Waals surface area (Å²) in [6, 6.07) is 8.45. The number of carbonyl (C=O) groups is 1. The van der Waals surface area contributed by atoms with Gasteiger partial charge in [-0.05, 0) is 18.9 Å². The number of hydrogen-bond acceptors (Lipinski definition) is 2. The topological polar surface area (TPSA) is 44.9 Å². The number of aldehydes is 1. The van der Waals surface area contributed by atoms with E-state index in [0.717, 1.165) is 28.6 Å². The fraction of sp³-hybridized carbons (Fsp3) is 0.400. The zero-order valence-electron chi connectivity index (χ0n) is 10.4. The van der Waals surface area contributed by atoms with Crippen molar-refractivity contribution < 1.29 is 4.79 Å². The van der Waals surface area contributed by atoms with Gasteiger partial charge in [0.15, 0.2) is 6.29 Å². The number of para-hydroxylation sites is 1. The van der Waals surface area contributed by atoms with Gasteiger partial charge in [-0.3, -0.25) is 4.79 Å². The maximum absolute atomic E-state index is 11.3. The predicted molar refractivity (Wildman–Crippen MR) is 74.2 cm³/mol. The molecule has 1 aromatic heterocycles. The van der Waals surface area contributed by atoms with E-state index in [0.29, 0.717) is 6.04 Å². The summed E-state index contributed by atoms with van der Waals surface area (Å²) < 4.78 is 0. The van der Waals surface area contributed by atoms with Crippen molar-refractivity contribution in [3.63, 3.8) is 0 Å². The minimum Gasteiger partial charge on any atom is -0.368 e. The van der Waals surface area contributed by atoms with E-state index in [1.54, 1.807) is 0 Å². The zero-order chi connectivity index (χ0) is 12.4. The van der Waals surface area contributed by atoms with Gasteiger partial charge >= 0.3 is 0 Å². The summed E-state index contributed by atoms with van der Waals surface area (Å²) in [5.41, 5.74) is 1.79. The van der Waals surface area contributed by atoms with Crippen molar-refractivity contribution >= 4 is 23.0 Å². The maximum atomic E-state index is 11.3. The van der Waals surface area contributed by atoms with Gasteiger partial charge in [0.25, 0.3) is 0 Å². The van der Waals surface area contributed by atoms with Crippen molar-refractivity contribution in [3.8, 4) is 0 Å². The van der Waals surface area contributed by atoms with Crippen molar-refractivity contribution in [2.75, 3.05) is 5.32 Å². The molecule has 3 nitrogen and oxygen atoms in total. The average molecular weight is 242 g/mol. The van der Waals surface area contributed by atoms with Crippen LogP contribution in [0.2, 0.25) is 0 Å². The highest BCUT2D eigenvalue weighted by Crippen LogP contribution is 2.27. The second-order valence-electron chi connectivity index (χ2n) is 5.06. The van der Waals surface area contributed by atoms with Gasteiger partial charge < -0.3 is 10.3 Å². The van der Waals surface area contributed by atoms with Crippen LogP contribution < -0.4 is 5.32 Å². The fourth-order valence-electron chi connectivity index (χ4n) is 2.85. The molecule has 0 bridgehead atoms. The first-order valence-corrected chi connectivity index (χ1v) is 6.71. The molecular formula is C15H18N2O. The third-order valence-electron chi connectivity index (χ3n) is 3.82. The van der Waals surface area contributed by atoms with E-state index in [9.17, 15) is 4.79 Å². The maximum Gasteiger partial charge on any atom is 0.154 e. The Labute approximate surface area is 107 Å². The zero-order valence-corrected chi connectivity index (χ0v) is 10.4. The molecule has 0 saturated heterocycles. The van der Waals surface area contributed by atoms with Crippen LogP contribution in [0.15, 0.2) is 24.3 Å². The molecule has 1 fully saturated rings. The standard InChI is InChI=1S/C15H18N2O/c18-10-13-12-8-4-5-9-14(12)17-15(13)16-11-6-2-1-3-7-11/h4-5,8-11,16-17H,1-3,6-7H2. The van der Waals surface area contributed by atoms with Gasteiger partial charge in [-0.2, -0.15) is 0 Å². The Bertz CT molecular complexity index is 553. The molecule has 0 spiro atoms. The second-order valence-corrected chi connectivity index (χ2v) is 5.06. The van der Waals surface area contributed by atoms with Crippen LogP contribution in [0.3, 0.4) is 0 Å². The molecular weight excluding hydrogens is 224 g/mol. The van der Waals surface area contributed by atoms with Crippen LogP contribution >= 0.6 is 0 Å². The SMILES string of the molecule is O=Cc1c(NC2CCCCC2)[nH]c2ccccc12. The number of benzene rings is 1. The minimum atomic E-state index is 0.505. The van der Waals surface area contributed by atoms with E-state index >= 15 is 0 Å². The van der Waals surface area contributed by atoms with Gasteiger partial charge in [0, 0.05) is 16.9 Å². The molecule has 2 N–H and O–H groups in total. The molecule has 0 radical (unpaired) electrons. The number of H-pyrrole nitrogens is 1. The Kier molecular flexibility index (Phi) is 3.05. The first-order valence-electron chi connectivity index (χ1n) is 6.71. The third kappa shape index (κ3) is 2.01. The predicted octanol–water partition coefficient (Wildman–Crippen LogP) is 3.73. The Morgan fingerprint density at radius 2 is 1.94 bits per heavy atom. The van der Waals surface area contributed by atoms with Crippen molar-refractivity contribution in [1.82, 2.24) is 4.98 Å². The lowest BCUT2D eigenvalue weighted by molar-refractivity contribution is 0.112. The largest absolute Gasteiger partial charge is 0.368 e. The van der Waals surface area contributed by atoms with Crippen LogP contribution in [0.25, 0.3) is 10.9 Å². The summed E-state index contributed by atoms with van der Waals surface area (Å²) in [7, 11) is 0. The molecule has 3 heteroatoms. The van der Waals surface area contributed by atoms with E-state index in [-0.39, 0.29) is 0 Å². The number of nitrogens with one attached hydrogen (secondary N) is 2. The molecule has 1 saturated carbocycles. The van der Waals surface area contributed by atoms with Gasteiger partial charge in [0.1, 0.15) is 5.82 Å². The van der Waals surface area contributed by atoms with Crippen LogP contribution in [0.5, 0.6) is 0 Å². The van der Waals surface area contributed by atoms with Gasteiger partial charge in [0.2, 0.25) is 0 Å². The Balaban J connectivity index is 1.92. The molecule has 94 valence electrons. The van der Waals surface area contributed by atoms with Crippen molar-refractivity contribution in [1.29, 1.82) is 0 Å². The molecule has 1 aliphatic rings. The number of aromatic nitrogens is 1. The van der Waals surface area contributed by atoms with Crippen molar-refractivity contribution in [2.24, 2.45) is 0 Å². The fourth-order valence-corrected chi connectivity index (χ4v) is 2.85. The number of rotatable bonds is 3. The molecule has 0 amide bonds. The second kappa shape index (κ2) is 4.84. The Hall–Kier alpha value is -1.77. The lowest BCUT2D eigenvalue weighted by Crippen LogP contribution is -2.22. The summed E-state index contributed by atoms with van der Waals surface area (Å²) in [6.45, 7) is 0. The number of carbonyl (C=O) groups excluding carboxylic acids is 1. The van der Waals surface area contributed by atoms with Crippen molar-refractivity contribution in [2.45, 2.75) is 38.1 Å². The number of aromatic amines is 1. The van der Waals surface area contributed by atoms with E-state index < -0.39 is 0 Å². The van der Waals surface area contributed by atoms with E-state index in [2.05, 4.69) is 10.3 Å². The number of anilines is 1. The smallest absolute Gasteiger partial charge is 0.154 e. The lowest BCUT2D eigenvalue weighted by Gasteiger charge is -2.23. The molecule has 1 heterocycles. The van der Waals surface area contributed by atoms with Crippen LogP contribution in [-0.2, 0) is 0 Å². The molecule has 1 aromatic carbocycles. The average Bonchev–Trinajstić information content (AvgIpc) is 2.77. The first-order chi connectivity index (χ1) is 8.88. The quantitative estimate of drug-likeness (QED) is 0.805. The van der Waals surface area contributed by atoms with E-state index in [4.69, 9.17) is 0 Å². The molecule has 3 rings (SSSR count). The molecule has 2 aromatic rings. The highest BCUT2D eigenvalue weighted by atomic mass is 16.1. The van der Waals surface area contributed by atoms with Gasteiger partial charge in [0.05, 0.1) is 5.56 Å². The van der Waals surface area contributed by atoms with Gasteiger partial charge in [-0.15, -0.1) is 0 Å². The van der Waals surface area contributed by atoms with Crippen molar-refractivity contribution in [3.05, 3.63) is 29.8 Å². The summed E-state index contributed by atoms with van der Waals surface area (Å²) in [6.07, 6.45) is 7.26. The highest BCUT2D eigenvalue weighted by molar-refractivity contribution is 6.03. The Morgan fingerprint density at radius 1 is 1.17 bits per heavy atom. The lowest BCUT2D eigenvalue weighted by atomic mass is 9.95. The van der Waals surface area contributed by atoms with E-state index in [1.165, 1.54) is 32.1 Å².